The SMILES string of the molecule is CCC(C)OCc1oc2ccccc2c1CN. The van der Waals surface area contributed by atoms with Gasteiger partial charge >= 0.3 is 0 Å². The molecule has 0 radical (unpaired) electrons. The first kappa shape index (κ1) is 12.1. The zero-order valence-corrected chi connectivity index (χ0v) is 10.4. The Kier molecular flexibility index (Phi) is 3.82. The lowest BCUT2D eigenvalue weighted by Crippen LogP contribution is -2.07. The van der Waals surface area contributed by atoms with Crippen LogP contribution in [0.15, 0.2) is 28.7 Å². The Morgan fingerprint density at radius 3 is 2.82 bits per heavy atom. The van der Waals surface area contributed by atoms with E-state index in [1.807, 2.05) is 24.3 Å². The molecule has 0 aliphatic rings. The second-order valence-electron chi connectivity index (χ2n) is 4.23. The lowest BCUT2D eigenvalue weighted by Gasteiger charge is -2.09. The molecule has 0 amide bonds. The van der Waals surface area contributed by atoms with E-state index in [1.165, 1.54) is 0 Å². The van der Waals surface area contributed by atoms with E-state index in [9.17, 15) is 0 Å². The number of para-hydroxylation sites is 1. The van der Waals surface area contributed by atoms with Crippen LogP contribution in [0.4, 0.5) is 0 Å². The first-order chi connectivity index (χ1) is 8.26. The van der Waals surface area contributed by atoms with E-state index < -0.39 is 0 Å². The number of fused-ring (bicyclic) bond motifs is 1. The number of ether oxygens (including phenoxy) is 1. The van der Waals surface area contributed by atoms with Gasteiger partial charge in [-0.15, -0.1) is 0 Å². The molecule has 0 bridgehead atoms. The minimum atomic E-state index is 0.244. The van der Waals surface area contributed by atoms with Crippen LogP contribution in [0.3, 0.4) is 0 Å². The van der Waals surface area contributed by atoms with Gasteiger partial charge < -0.3 is 14.9 Å². The predicted molar refractivity (Wildman–Crippen MR) is 68.6 cm³/mol. The summed E-state index contributed by atoms with van der Waals surface area (Å²) < 4.78 is 11.5. The fourth-order valence-electron chi connectivity index (χ4n) is 1.83. The maximum Gasteiger partial charge on any atom is 0.135 e. The van der Waals surface area contributed by atoms with Crippen molar-refractivity contribution in [3.63, 3.8) is 0 Å². The third-order valence-corrected chi connectivity index (χ3v) is 3.06. The Morgan fingerprint density at radius 1 is 1.35 bits per heavy atom. The molecule has 1 aromatic heterocycles. The lowest BCUT2D eigenvalue weighted by molar-refractivity contribution is 0.0409. The summed E-state index contributed by atoms with van der Waals surface area (Å²) in [4.78, 5) is 0. The molecule has 1 atom stereocenters. The minimum Gasteiger partial charge on any atom is -0.458 e. The molecule has 1 heterocycles. The second kappa shape index (κ2) is 5.34. The van der Waals surface area contributed by atoms with Crippen LogP contribution in [-0.4, -0.2) is 6.10 Å². The molecule has 0 aliphatic carbocycles. The highest BCUT2D eigenvalue weighted by molar-refractivity contribution is 5.82. The van der Waals surface area contributed by atoms with Gasteiger partial charge in [0.15, 0.2) is 0 Å². The van der Waals surface area contributed by atoms with E-state index in [2.05, 4.69) is 13.8 Å². The summed E-state index contributed by atoms with van der Waals surface area (Å²) in [7, 11) is 0. The zero-order valence-electron chi connectivity index (χ0n) is 10.4. The predicted octanol–water partition coefficient (Wildman–Crippen LogP) is 3.21. The van der Waals surface area contributed by atoms with E-state index >= 15 is 0 Å². The van der Waals surface area contributed by atoms with Gasteiger partial charge in [-0.2, -0.15) is 0 Å². The Labute approximate surface area is 102 Å². The van der Waals surface area contributed by atoms with Crippen molar-refractivity contribution in [1.29, 1.82) is 0 Å². The van der Waals surface area contributed by atoms with Crippen LogP contribution in [-0.2, 0) is 17.9 Å². The summed E-state index contributed by atoms with van der Waals surface area (Å²) in [6.07, 6.45) is 1.24. The molecule has 0 saturated heterocycles. The summed E-state index contributed by atoms with van der Waals surface area (Å²) in [5.74, 6) is 0.856. The quantitative estimate of drug-likeness (QED) is 0.862. The molecule has 1 unspecified atom stereocenters. The normalized spacial score (nSPS) is 13.1. The molecule has 2 rings (SSSR count). The van der Waals surface area contributed by atoms with Crippen molar-refractivity contribution in [3.05, 3.63) is 35.6 Å². The number of furan rings is 1. The van der Waals surface area contributed by atoms with Crippen LogP contribution in [0.25, 0.3) is 11.0 Å². The van der Waals surface area contributed by atoms with Gasteiger partial charge in [0, 0.05) is 17.5 Å². The molecular formula is C14H19NO2. The molecule has 0 aliphatic heterocycles. The smallest absolute Gasteiger partial charge is 0.135 e. The van der Waals surface area contributed by atoms with Gasteiger partial charge in [-0.3, -0.25) is 0 Å². The second-order valence-corrected chi connectivity index (χ2v) is 4.23. The van der Waals surface area contributed by atoms with Gasteiger partial charge in [0.25, 0.3) is 0 Å². The van der Waals surface area contributed by atoms with Crippen LogP contribution in [0.5, 0.6) is 0 Å². The average molecular weight is 233 g/mol. The van der Waals surface area contributed by atoms with Crippen LogP contribution in [0, 0.1) is 0 Å². The van der Waals surface area contributed by atoms with Gasteiger partial charge in [-0.1, -0.05) is 25.1 Å². The van der Waals surface area contributed by atoms with Crippen molar-refractivity contribution in [1.82, 2.24) is 0 Å². The third-order valence-electron chi connectivity index (χ3n) is 3.06. The van der Waals surface area contributed by atoms with Gasteiger partial charge in [0.05, 0.1) is 6.10 Å². The van der Waals surface area contributed by atoms with Gasteiger partial charge in [-0.25, -0.2) is 0 Å². The zero-order chi connectivity index (χ0) is 12.3. The highest BCUT2D eigenvalue weighted by Gasteiger charge is 2.13. The van der Waals surface area contributed by atoms with Crippen molar-refractivity contribution in [2.45, 2.75) is 39.5 Å². The number of hydrogen-bond acceptors (Lipinski definition) is 3. The molecule has 17 heavy (non-hydrogen) atoms. The van der Waals surface area contributed by atoms with E-state index in [-0.39, 0.29) is 6.10 Å². The number of nitrogens with two attached hydrogens (primary N) is 1. The Balaban J connectivity index is 2.27. The first-order valence-electron chi connectivity index (χ1n) is 6.07. The average Bonchev–Trinajstić information content (AvgIpc) is 2.73. The maximum absolute atomic E-state index is 5.78. The molecule has 1 aromatic carbocycles. The van der Waals surface area contributed by atoms with E-state index in [4.69, 9.17) is 14.9 Å². The van der Waals surface area contributed by atoms with Crippen molar-refractivity contribution < 1.29 is 9.15 Å². The first-order valence-corrected chi connectivity index (χ1v) is 6.07. The van der Waals surface area contributed by atoms with Crippen molar-refractivity contribution in [2.24, 2.45) is 5.73 Å². The van der Waals surface area contributed by atoms with E-state index in [0.717, 1.165) is 28.7 Å². The topological polar surface area (TPSA) is 48.4 Å². The van der Waals surface area contributed by atoms with Crippen molar-refractivity contribution in [2.75, 3.05) is 0 Å². The summed E-state index contributed by atoms with van der Waals surface area (Å²) in [6, 6.07) is 7.96. The Bertz CT molecular complexity index is 490. The molecule has 0 saturated carbocycles. The van der Waals surface area contributed by atoms with Gasteiger partial charge in [-0.05, 0) is 19.4 Å². The molecule has 0 spiro atoms. The highest BCUT2D eigenvalue weighted by Crippen LogP contribution is 2.26. The minimum absolute atomic E-state index is 0.244. The number of rotatable bonds is 5. The van der Waals surface area contributed by atoms with Crippen molar-refractivity contribution >= 4 is 11.0 Å². The van der Waals surface area contributed by atoms with E-state index in [1.54, 1.807) is 0 Å². The molecule has 0 fully saturated rings. The lowest BCUT2D eigenvalue weighted by atomic mass is 10.1. The standard InChI is InChI=1S/C14H19NO2/c1-3-10(2)16-9-14-12(8-15)11-6-4-5-7-13(11)17-14/h4-7,10H,3,8-9,15H2,1-2H3. The monoisotopic (exact) mass is 233 g/mol. The fourth-order valence-corrected chi connectivity index (χ4v) is 1.83. The van der Waals surface area contributed by atoms with Gasteiger partial charge in [0.2, 0.25) is 0 Å². The van der Waals surface area contributed by atoms with Crippen LogP contribution < -0.4 is 5.73 Å². The van der Waals surface area contributed by atoms with Gasteiger partial charge in [0.1, 0.15) is 18.0 Å². The maximum atomic E-state index is 5.78. The Hall–Kier alpha value is -1.32. The third kappa shape index (κ3) is 2.51. The molecule has 2 aromatic rings. The molecule has 92 valence electrons. The van der Waals surface area contributed by atoms with E-state index in [0.29, 0.717) is 13.2 Å². The largest absolute Gasteiger partial charge is 0.458 e. The summed E-state index contributed by atoms with van der Waals surface area (Å²) >= 11 is 0. The molecule has 2 N–H and O–H groups in total. The molecular weight excluding hydrogens is 214 g/mol. The van der Waals surface area contributed by atoms with Crippen LogP contribution >= 0.6 is 0 Å². The van der Waals surface area contributed by atoms with Crippen molar-refractivity contribution in [3.8, 4) is 0 Å². The number of benzene rings is 1. The fraction of sp³-hybridized carbons (Fsp3) is 0.429. The number of hydrogen-bond donors (Lipinski definition) is 1. The summed E-state index contributed by atoms with van der Waals surface area (Å²) in [5.41, 5.74) is 7.73. The van der Waals surface area contributed by atoms with Crippen LogP contribution in [0.1, 0.15) is 31.6 Å². The molecule has 3 nitrogen and oxygen atoms in total. The molecule has 3 heteroatoms. The van der Waals surface area contributed by atoms with Crippen LogP contribution in [0.2, 0.25) is 0 Å². The summed E-state index contributed by atoms with van der Waals surface area (Å²) in [6.45, 7) is 5.14. The highest BCUT2D eigenvalue weighted by atomic mass is 16.5. The summed E-state index contributed by atoms with van der Waals surface area (Å²) in [5, 5.41) is 1.10. The Morgan fingerprint density at radius 2 is 2.12 bits per heavy atom.